The summed E-state index contributed by atoms with van der Waals surface area (Å²) < 4.78 is 28.4. The van der Waals surface area contributed by atoms with Gasteiger partial charge < -0.3 is 4.90 Å². The molecule has 2 aliphatic carbocycles. The van der Waals surface area contributed by atoms with Crippen molar-refractivity contribution in [3.05, 3.63) is 163 Å². The molecule has 1 unspecified atom stereocenters. The van der Waals surface area contributed by atoms with Crippen molar-refractivity contribution in [1.82, 2.24) is 0 Å². The molecule has 9 rings (SSSR count). The van der Waals surface area contributed by atoms with Crippen molar-refractivity contribution in [3.8, 4) is 22.3 Å². The van der Waals surface area contributed by atoms with Crippen molar-refractivity contribution < 1.29 is 8.42 Å². The quantitative estimate of drug-likeness (QED) is 0.179. The summed E-state index contributed by atoms with van der Waals surface area (Å²) in [7, 11) is -3.65. The minimum absolute atomic E-state index is 0.0563. The van der Waals surface area contributed by atoms with E-state index >= 15 is 0 Å². The van der Waals surface area contributed by atoms with Gasteiger partial charge in [0.15, 0.2) is 0 Å². The molecule has 2 saturated carbocycles. The van der Waals surface area contributed by atoms with Crippen LogP contribution in [0.5, 0.6) is 0 Å². The Morgan fingerprint density at radius 3 is 1.49 bits per heavy atom. The Morgan fingerprint density at radius 2 is 0.918 bits per heavy atom. The van der Waals surface area contributed by atoms with E-state index in [0.29, 0.717) is 15.7 Å². The third-order valence-electron chi connectivity index (χ3n) is 11.3. The standard InChI is InChI=1S/C45H39NO2S/c47-49(48)43-14-8-7-13-41(43)45(37-28-31-15-16-32(27-31)29-37)42-30-40(25-26-44(42)49)46(38-21-17-35(18-22-38)33-9-3-1-4-10-33)39-23-19-36(20-24-39)34-11-5-2-6-12-34/h1-14,17-26,30-32,37,45H,15-16,27-29H2/t31-,32+,37-,45?. The maximum Gasteiger partial charge on any atom is 0.207 e. The Balaban J connectivity index is 1.19. The molecule has 4 heteroatoms. The lowest BCUT2D eigenvalue weighted by molar-refractivity contribution is 0.238. The van der Waals surface area contributed by atoms with Crippen LogP contribution in [0.15, 0.2) is 161 Å². The molecule has 0 amide bonds. The van der Waals surface area contributed by atoms with Crippen molar-refractivity contribution in [1.29, 1.82) is 0 Å². The first-order chi connectivity index (χ1) is 24.0. The molecular weight excluding hydrogens is 619 g/mol. The van der Waals surface area contributed by atoms with Gasteiger partial charge in [0.2, 0.25) is 9.84 Å². The number of nitrogens with zero attached hydrogens (tertiary/aromatic N) is 1. The van der Waals surface area contributed by atoms with E-state index in [1.165, 1.54) is 43.2 Å². The molecule has 49 heavy (non-hydrogen) atoms. The molecule has 0 spiro atoms. The highest BCUT2D eigenvalue weighted by Gasteiger charge is 2.44. The Morgan fingerprint density at radius 1 is 0.449 bits per heavy atom. The summed E-state index contributed by atoms with van der Waals surface area (Å²) in [6, 6.07) is 52.2. The van der Waals surface area contributed by atoms with Gasteiger partial charge in [-0.15, -0.1) is 0 Å². The molecule has 1 aliphatic heterocycles. The third-order valence-corrected chi connectivity index (χ3v) is 13.2. The summed E-state index contributed by atoms with van der Waals surface area (Å²) in [5, 5.41) is 0. The summed E-state index contributed by atoms with van der Waals surface area (Å²) in [4.78, 5) is 3.23. The number of sulfone groups is 1. The van der Waals surface area contributed by atoms with E-state index in [9.17, 15) is 8.42 Å². The van der Waals surface area contributed by atoms with Gasteiger partial charge in [-0.05, 0) is 119 Å². The first-order valence-corrected chi connectivity index (χ1v) is 19.1. The monoisotopic (exact) mass is 657 g/mol. The number of hydrogen-bond acceptors (Lipinski definition) is 3. The van der Waals surface area contributed by atoms with E-state index in [0.717, 1.165) is 51.2 Å². The number of hydrogen-bond donors (Lipinski definition) is 0. The van der Waals surface area contributed by atoms with Crippen molar-refractivity contribution in [2.24, 2.45) is 17.8 Å². The summed E-state index contributed by atoms with van der Waals surface area (Å²) in [6.45, 7) is 0. The maximum atomic E-state index is 14.2. The zero-order valence-corrected chi connectivity index (χ0v) is 28.3. The van der Waals surface area contributed by atoms with Crippen LogP contribution in [0.2, 0.25) is 0 Å². The van der Waals surface area contributed by atoms with E-state index < -0.39 is 9.84 Å². The van der Waals surface area contributed by atoms with Crippen LogP contribution in [0.1, 0.15) is 49.1 Å². The predicted octanol–water partition coefficient (Wildman–Crippen LogP) is 11.6. The lowest BCUT2D eigenvalue weighted by atomic mass is 9.70. The largest absolute Gasteiger partial charge is 0.310 e. The summed E-state index contributed by atoms with van der Waals surface area (Å²) >= 11 is 0. The van der Waals surface area contributed by atoms with Crippen LogP contribution in [0.3, 0.4) is 0 Å². The second-order valence-electron chi connectivity index (χ2n) is 14.2. The van der Waals surface area contributed by atoms with Crippen LogP contribution < -0.4 is 4.90 Å². The van der Waals surface area contributed by atoms with Gasteiger partial charge in [0, 0.05) is 23.0 Å². The lowest BCUT2D eigenvalue weighted by Crippen LogP contribution is -2.28. The molecule has 0 radical (unpaired) electrons. The van der Waals surface area contributed by atoms with Gasteiger partial charge in [-0.1, -0.05) is 116 Å². The molecule has 0 N–H and O–H groups in total. The van der Waals surface area contributed by atoms with E-state index in [2.05, 4.69) is 114 Å². The molecule has 1 heterocycles. The first kappa shape index (κ1) is 30.2. The molecule has 3 nitrogen and oxygen atoms in total. The van der Waals surface area contributed by atoms with Crippen LogP contribution in [0, 0.1) is 17.8 Å². The highest BCUT2D eigenvalue weighted by atomic mass is 32.2. The van der Waals surface area contributed by atoms with Crippen LogP contribution >= 0.6 is 0 Å². The second-order valence-corrected chi connectivity index (χ2v) is 16.1. The van der Waals surface area contributed by atoms with Crippen molar-refractivity contribution in [2.45, 2.75) is 47.8 Å². The molecule has 0 aromatic heterocycles. The Bertz CT molecular complexity index is 2130. The van der Waals surface area contributed by atoms with Gasteiger partial charge in [-0.2, -0.15) is 0 Å². The van der Waals surface area contributed by atoms with Crippen molar-refractivity contribution in [3.63, 3.8) is 0 Å². The second kappa shape index (κ2) is 12.2. The highest BCUT2D eigenvalue weighted by Crippen LogP contribution is 2.55. The van der Waals surface area contributed by atoms with Gasteiger partial charge >= 0.3 is 0 Å². The molecule has 2 bridgehead atoms. The fourth-order valence-electron chi connectivity index (χ4n) is 9.08. The van der Waals surface area contributed by atoms with Crippen LogP contribution in [0.4, 0.5) is 17.1 Å². The van der Waals surface area contributed by atoms with Crippen LogP contribution in [-0.2, 0) is 9.84 Å². The third kappa shape index (κ3) is 5.39. The molecule has 242 valence electrons. The minimum atomic E-state index is -3.65. The Labute approximate surface area is 289 Å². The maximum absolute atomic E-state index is 14.2. The fraction of sp³-hybridized carbons (Fsp3) is 0.200. The van der Waals surface area contributed by atoms with Gasteiger partial charge in [0.05, 0.1) is 9.79 Å². The number of rotatable bonds is 6. The molecule has 3 aliphatic rings. The molecule has 6 aromatic carbocycles. The predicted molar refractivity (Wildman–Crippen MR) is 199 cm³/mol. The summed E-state index contributed by atoms with van der Waals surface area (Å²) in [5.41, 5.74) is 9.62. The van der Waals surface area contributed by atoms with E-state index in [4.69, 9.17) is 0 Å². The molecule has 6 aromatic rings. The first-order valence-electron chi connectivity index (χ1n) is 17.6. The molecule has 4 atom stereocenters. The number of anilines is 3. The average molecular weight is 658 g/mol. The molecule has 2 fully saturated rings. The average Bonchev–Trinajstić information content (AvgIpc) is 3.50. The van der Waals surface area contributed by atoms with Gasteiger partial charge in [-0.25, -0.2) is 8.42 Å². The Kier molecular flexibility index (Phi) is 7.50. The zero-order chi connectivity index (χ0) is 33.0. The zero-order valence-electron chi connectivity index (χ0n) is 27.5. The van der Waals surface area contributed by atoms with E-state index in [-0.39, 0.29) is 5.92 Å². The Hall–Kier alpha value is -4.93. The fourth-order valence-corrected chi connectivity index (χ4v) is 10.8. The van der Waals surface area contributed by atoms with Crippen molar-refractivity contribution in [2.75, 3.05) is 4.90 Å². The highest BCUT2D eigenvalue weighted by molar-refractivity contribution is 7.91. The van der Waals surface area contributed by atoms with Crippen molar-refractivity contribution >= 4 is 26.9 Å². The normalized spacial score (nSPS) is 21.8. The van der Waals surface area contributed by atoms with Crippen LogP contribution in [-0.4, -0.2) is 8.42 Å². The topological polar surface area (TPSA) is 37.4 Å². The molecule has 0 saturated heterocycles. The smallest absolute Gasteiger partial charge is 0.207 e. The number of fused-ring (bicyclic) bond motifs is 4. The van der Waals surface area contributed by atoms with Gasteiger partial charge in [0.1, 0.15) is 0 Å². The minimum Gasteiger partial charge on any atom is -0.310 e. The molecular formula is C45H39NO2S. The van der Waals surface area contributed by atoms with E-state index in [1.807, 2.05) is 42.5 Å². The number of benzene rings is 6. The summed E-state index contributed by atoms with van der Waals surface area (Å²) in [5.74, 6) is 1.99. The lowest BCUT2D eigenvalue weighted by Gasteiger charge is -2.39. The van der Waals surface area contributed by atoms with Gasteiger partial charge in [0.25, 0.3) is 0 Å². The SMILES string of the molecule is O=S1(=O)c2ccccc2C([C@@H]2C[C@@H]3CC[C@@H](C3)C2)c2cc(N(c3ccc(-c4ccccc4)cc3)c3ccc(-c4ccccc4)cc3)ccc21. The van der Waals surface area contributed by atoms with E-state index in [1.54, 1.807) is 0 Å². The summed E-state index contributed by atoms with van der Waals surface area (Å²) in [6.07, 6.45) is 6.30. The van der Waals surface area contributed by atoms with Crippen LogP contribution in [0.25, 0.3) is 22.3 Å². The van der Waals surface area contributed by atoms with Gasteiger partial charge in [-0.3, -0.25) is 0 Å².